The molecular formula is C12H7ClF3N5. The fourth-order valence-corrected chi connectivity index (χ4v) is 2.09. The van der Waals surface area contributed by atoms with Crippen LogP contribution in [0.25, 0.3) is 22.6 Å². The van der Waals surface area contributed by atoms with Crippen LogP contribution in [-0.4, -0.2) is 24.5 Å². The zero-order valence-electron chi connectivity index (χ0n) is 10.6. The maximum Gasteiger partial charge on any atom is 0.433 e. The summed E-state index contributed by atoms with van der Waals surface area (Å²) in [4.78, 5) is 15.5. The summed E-state index contributed by atoms with van der Waals surface area (Å²) >= 11 is 5.92. The average Bonchev–Trinajstić information content (AvgIpc) is 2.77. The lowest BCUT2D eigenvalue weighted by Gasteiger charge is -2.06. The van der Waals surface area contributed by atoms with E-state index in [0.717, 1.165) is 12.3 Å². The average molecular weight is 314 g/mol. The number of nitrogens with zero attached hydrogens (tertiary/aromatic N) is 5. The third kappa shape index (κ3) is 2.31. The monoisotopic (exact) mass is 313 g/mol. The van der Waals surface area contributed by atoms with Crippen LogP contribution in [0.3, 0.4) is 0 Å². The number of hydrogen-bond donors (Lipinski definition) is 0. The third-order valence-corrected chi connectivity index (χ3v) is 3.20. The van der Waals surface area contributed by atoms with Gasteiger partial charge in [0.05, 0.1) is 0 Å². The molecule has 0 saturated heterocycles. The molecule has 0 aromatic carbocycles. The number of hydrogen-bond acceptors (Lipinski definition) is 4. The third-order valence-electron chi connectivity index (χ3n) is 2.92. The number of imidazole rings is 1. The van der Waals surface area contributed by atoms with E-state index in [9.17, 15) is 13.2 Å². The zero-order valence-corrected chi connectivity index (χ0v) is 11.3. The molecule has 3 rings (SSSR count). The normalized spacial score (nSPS) is 12.0. The highest BCUT2D eigenvalue weighted by Crippen LogP contribution is 2.30. The van der Waals surface area contributed by atoms with Gasteiger partial charge in [0.25, 0.3) is 0 Å². The lowest BCUT2D eigenvalue weighted by Crippen LogP contribution is -2.07. The first kappa shape index (κ1) is 13.7. The van der Waals surface area contributed by atoms with E-state index in [4.69, 9.17) is 11.6 Å². The van der Waals surface area contributed by atoms with Gasteiger partial charge >= 0.3 is 6.18 Å². The van der Waals surface area contributed by atoms with E-state index in [0.29, 0.717) is 22.6 Å². The van der Waals surface area contributed by atoms with Crippen molar-refractivity contribution in [3.63, 3.8) is 0 Å². The molecule has 0 aliphatic heterocycles. The summed E-state index contributed by atoms with van der Waals surface area (Å²) in [6.07, 6.45) is -2.06. The first-order valence-corrected chi connectivity index (χ1v) is 6.12. The van der Waals surface area contributed by atoms with Gasteiger partial charge in [-0.1, -0.05) is 11.6 Å². The van der Waals surface area contributed by atoms with Crippen molar-refractivity contribution in [2.45, 2.75) is 6.18 Å². The van der Waals surface area contributed by atoms with Gasteiger partial charge in [-0.15, -0.1) is 0 Å². The van der Waals surface area contributed by atoms with Gasteiger partial charge in [0.2, 0.25) is 0 Å². The van der Waals surface area contributed by atoms with Crippen molar-refractivity contribution in [1.82, 2.24) is 24.5 Å². The SMILES string of the molecule is Cn1c(-c2ccc(C(F)(F)F)nc2)nc2c(Cl)ncnc21. The minimum absolute atomic E-state index is 0.182. The standard InChI is InChI=1S/C12H7ClF3N5/c1-21-10(20-8-9(13)18-5-19-11(8)21)6-2-3-7(17-4-6)12(14,15)16/h2-5H,1H3. The highest BCUT2D eigenvalue weighted by Gasteiger charge is 2.32. The van der Waals surface area contributed by atoms with Gasteiger partial charge in [-0.3, -0.25) is 4.98 Å². The number of fused-ring (bicyclic) bond motifs is 1. The number of halogens is 4. The molecule has 3 aromatic rings. The minimum atomic E-state index is -4.47. The van der Waals surface area contributed by atoms with E-state index < -0.39 is 11.9 Å². The van der Waals surface area contributed by atoms with Crippen molar-refractivity contribution in [1.29, 1.82) is 0 Å². The van der Waals surface area contributed by atoms with Crippen LogP contribution in [0.15, 0.2) is 24.7 Å². The summed E-state index contributed by atoms with van der Waals surface area (Å²) in [7, 11) is 1.69. The molecule has 9 heteroatoms. The number of aryl methyl sites for hydroxylation is 1. The summed E-state index contributed by atoms with van der Waals surface area (Å²) < 4.78 is 39.1. The lowest BCUT2D eigenvalue weighted by atomic mass is 10.2. The molecule has 0 radical (unpaired) electrons. The Kier molecular flexibility index (Phi) is 3.05. The van der Waals surface area contributed by atoms with Crippen molar-refractivity contribution in [2.24, 2.45) is 7.05 Å². The maximum absolute atomic E-state index is 12.5. The Morgan fingerprint density at radius 1 is 1.14 bits per heavy atom. The molecule has 5 nitrogen and oxygen atoms in total. The molecule has 0 amide bonds. The van der Waals surface area contributed by atoms with E-state index in [1.165, 1.54) is 12.4 Å². The second-order valence-corrected chi connectivity index (χ2v) is 4.62. The van der Waals surface area contributed by atoms with E-state index in [1.54, 1.807) is 11.6 Å². The predicted molar refractivity (Wildman–Crippen MR) is 69.5 cm³/mol. The lowest BCUT2D eigenvalue weighted by molar-refractivity contribution is -0.141. The van der Waals surface area contributed by atoms with Crippen LogP contribution in [0.5, 0.6) is 0 Å². The number of alkyl halides is 3. The van der Waals surface area contributed by atoms with Crippen molar-refractivity contribution in [3.8, 4) is 11.4 Å². The highest BCUT2D eigenvalue weighted by molar-refractivity contribution is 6.33. The number of pyridine rings is 1. The van der Waals surface area contributed by atoms with Crippen LogP contribution in [-0.2, 0) is 13.2 Å². The van der Waals surface area contributed by atoms with Crippen molar-refractivity contribution in [3.05, 3.63) is 35.5 Å². The molecule has 21 heavy (non-hydrogen) atoms. The molecule has 0 saturated carbocycles. The Labute approximate surface area is 121 Å². The van der Waals surface area contributed by atoms with E-state index in [2.05, 4.69) is 19.9 Å². The molecule has 3 aromatic heterocycles. The fourth-order valence-electron chi connectivity index (χ4n) is 1.92. The van der Waals surface area contributed by atoms with Gasteiger partial charge in [-0.2, -0.15) is 13.2 Å². The quantitative estimate of drug-likeness (QED) is 0.648. The summed E-state index contributed by atoms with van der Waals surface area (Å²) in [6.45, 7) is 0. The topological polar surface area (TPSA) is 56.5 Å². The maximum atomic E-state index is 12.5. The molecule has 0 aliphatic carbocycles. The second kappa shape index (κ2) is 4.66. The predicted octanol–water partition coefficient (Wildman–Crippen LogP) is 3.10. The highest BCUT2D eigenvalue weighted by atomic mass is 35.5. The van der Waals surface area contributed by atoms with Crippen LogP contribution < -0.4 is 0 Å². The van der Waals surface area contributed by atoms with E-state index >= 15 is 0 Å². The van der Waals surface area contributed by atoms with Crippen LogP contribution in [0.4, 0.5) is 13.2 Å². The molecule has 0 N–H and O–H groups in total. The fraction of sp³-hybridized carbons (Fsp3) is 0.167. The van der Waals surface area contributed by atoms with Gasteiger partial charge in [0, 0.05) is 18.8 Å². The molecule has 0 spiro atoms. The Morgan fingerprint density at radius 3 is 2.48 bits per heavy atom. The van der Waals surface area contributed by atoms with Gasteiger partial charge in [-0.25, -0.2) is 15.0 Å². The van der Waals surface area contributed by atoms with Gasteiger partial charge in [-0.05, 0) is 12.1 Å². The van der Waals surface area contributed by atoms with Crippen LogP contribution in [0, 0.1) is 0 Å². The van der Waals surface area contributed by atoms with Crippen molar-refractivity contribution in [2.75, 3.05) is 0 Å². The molecule has 0 unspecified atom stereocenters. The summed E-state index contributed by atoms with van der Waals surface area (Å²) in [5.74, 6) is 0.411. The van der Waals surface area contributed by atoms with Crippen molar-refractivity contribution >= 4 is 22.8 Å². The summed E-state index contributed by atoms with van der Waals surface area (Å²) in [5.41, 5.74) is 0.351. The Balaban J connectivity index is 2.13. The summed E-state index contributed by atoms with van der Waals surface area (Å²) in [5, 5.41) is 0.182. The van der Waals surface area contributed by atoms with E-state index in [1.807, 2.05) is 0 Å². The van der Waals surface area contributed by atoms with Gasteiger partial charge in [0.15, 0.2) is 10.8 Å². The number of aromatic nitrogens is 5. The number of rotatable bonds is 1. The zero-order chi connectivity index (χ0) is 15.2. The smallest absolute Gasteiger partial charge is 0.312 e. The Bertz CT molecular complexity index is 810. The largest absolute Gasteiger partial charge is 0.433 e. The molecule has 108 valence electrons. The molecule has 0 atom stereocenters. The van der Waals surface area contributed by atoms with E-state index in [-0.39, 0.29) is 5.15 Å². The first-order valence-electron chi connectivity index (χ1n) is 5.74. The molecule has 0 bridgehead atoms. The van der Waals surface area contributed by atoms with Crippen LogP contribution in [0.2, 0.25) is 5.15 Å². The van der Waals surface area contributed by atoms with Gasteiger partial charge in [0.1, 0.15) is 23.4 Å². The Morgan fingerprint density at radius 2 is 1.90 bits per heavy atom. The second-order valence-electron chi connectivity index (χ2n) is 4.26. The van der Waals surface area contributed by atoms with Gasteiger partial charge < -0.3 is 4.57 Å². The summed E-state index contributed by atoms with van der Waals surface area (Å²) in [6, 6.07) is 2.21. The van der Waals surface area contributed by atoms with Crippen LogP contribution >= 0.6 is 11.6 Å². The van der Waals surface area contributed by atoms with Crippen molar-refractivity contribution < 1.29 is 13.2 Å². The molecule has 0 fully saturated rings. The molecular weight excluding hydrogens is 307 g/mol. The first-order chi connectivity index (χ1) is 9.88. The Hall–Kier alpha value is -2.22. The minimum Gasteiger partial charge on any atom is -0.312 e. The molecule has 3 heterocycles. The van der Waals surface area contributed by atoms with Crippen LogP contribution in [0.1, 0.15) is 5.69 Å². The molecule has 0 aliphatic rings.